The van der Waals surface area contributed by atoms with E-state index in [-0.39, 0.29) is 24.4 Å². The summed E-state index contributed by atoms with van der Waals surface area (Å²) in [6.07, 6.45) is 2.26. The molecule has 3 aromatic rings. The van der Waals surface area contributed by atoms with Crippen molar-refractivity contribution in [1.29, 1.82) is 0 Å². The molecule has 1 aromatic heterocycles. The van der Waals surface area contributed by atoms with Gasteiger partial charge in [0.05, 0.1) is 11.0 Å². The Bertz CT molecular complexity index is 1010. The van der Waals surface area contributed by atoms with Crippen LogP contribution in [0.4, 0.5) is 0 Å². The number of nitrogens with zero attached hydrogens (tertiary/aromatic N) is 2. The van der Waals surface area contributed by atoms with Crippen molar-refractivity contribution in [2.45, 2.75) is 45.7 Å². The van der Waals surface area contributed by atoms with Crippen LogP contribution in [0, 0.1) is 0 Å². The summed E-state index contributed by atoms with van der Waals surface area (Å²) in [6.45, 7) is 4.79. The fourth-order valence-corrected chi connectivity index (χ4v) is 3.34. The summed E-state index contributed by atoms with van der Waals surface area (Å²) in [5, 5.41) is 6.53. The average Bonchev–Trinajstić information content (AvgIpc) is 3.08. The molecular weight excluding hydrogens is 400 g/mol. The zero-order chi connectivity index (χ0) is 21.5. The topological polar surface area (TPSA) is 76.0 Å². The van der Waals surface area contributed by atoms with Crippen molar-refractivity contribution < 1.29 is 9.59 Å². The first-order chi connectivity index (χ1) is 14.5. The summed E-state index contributed by atoms with van der Waals surface area (Å²) in [5.41, 5.74) is 2.39. The summed E-state index contributed by atoms with van der Waals surface area (Å²) in [7, 11) is 0. The van der Waals surface area contributed by atoms with E-state index in [2.05, 4.69) is 10.6 Å². The van der Waals surface area contributed by atoms with E-state index in [1.807, 2.05) is 42.7 Å². The number of carbonyl (C=O) groups excluding carboxylic acids is 2. The molecule has 6 nitrogen and oxygen atoms in total. The molecule has 0 aliphatic carbocycles. The normalized spacial score (nSPS) is 12.0. The van der Waals surface area contributed by atoms with Crippen LogP contribution in [0.5, 0.6) is 0 Å². The SMILES string of the molecule is CCC(C)NC(=O)Cn1c(CCCNC(=O)c2ccc(Cl)cc2)nc2ccccc21. The Balaban J connectivity index is 1.63. The van der Waals surface area contributed by atoms with E-state index in [1.54, 1.807) is 24.3 Å². The molecule has 0 radical (unpaired) electrons. The highest BCUT2D eigenvalue weighted by Crippen LogP contribution is 2.17. The number of aromatic nitrogens is 2. The first-order valence-electron chi connectivity index (χ1n) is 10.2. The first-order valence-corrected chi connectivity index (χ1v) is 10.6. The number of rotatable bonds is 9. The van der Waals surface area contributed by atoms with Gasteiger partial charge in [-0.25, -0.2) is 4.98 Å². The molecule has 0 fully saturated rings. The van der Waals surface area contributed by atoms with Gasteiger partial charge in [0.2, 0.25) is 5.91 Å². The van der Waals surface area contributed by atoms with Crippen molar-refractivity contribution in [2.24, 2.45) is 0 Å². The van der Waals surface area contributed by atoms with Crippen molar-refractivity contribution in [3.8, 4) is 0 Å². The van der Waals surface area contributed by atoms with Crippen LogP contribution in [0.1, 0.15) is 42.9 Å². The largest absolute Gasteiger partial charge is 0.352 e. The predicted octanol–water partition coefficient (Wildman–Crippen LogP) is 3.97. The maximum absolute atomic E-state index is 12.4. The predicted molar refractivity (Wildman–Crippen MR) is 120 cm³/mol. The van der Waals surface area contributed by atoms with E-state index in [4.69, 9.17) is 16.6 Å². The summed E-state index contributed by atoms with van der Waals surface area (Å²) >= 11 is 5.86. The molecule has 3 rings (SSSR count). The van der Waals surface area contributed by atoms with E-state index in [1.165, 1.54) is 0 Å². The number of halogens is 1. The van der Waals surface area contributed by atoms with Gasteiger partial charge in [-0.2, -0.15) is 0 Å². The van der Waals surface area contributed by atoms with Crippen molar-refractivity contribution in [1.82, 2.24) is 20.2 Å². The van der Waals surface area contributed by atoms with Crippen LogP contribution < -0.4 is 10.6 Å². The molecule has 0 aliphatic heterocycles. The molecule has 30 heavy (non-hydrogen) atoms. The summed E-state index contributed by atoms with van der Waals surface area (Å²) in [6, 6.07) is 14.7. The number of carbonyl (C=O) groups is 2. The zero-order valence-corrected chi connectivity index (χ0v) is 18.1. The van der Waals surface area contributed by atoms with E-state index >= 15 is 0 Å². The van der Waals surface area contributed by atoms with E-state index in [0.29, 0.717) is 23.6 Å². The lowest BCUT2D eigenvalue weighted by Gasteiger charge is -2.14. The molecule has 0 saturated heterocycles. The van der Waals surface area contributed by atoms with Crippen LogP contribution in [0.2, 0.25) is 5.02 Å². The highest BCUT2D eigenvalue weighted by Gasteiger charge is 2.14. The first kappa shape index (κ1) is 21.8. The molecule has 2 amide bonds. The smallest absolute Gasteiger partial charge is 0.251 e. The van der Waals surface area contributed by atoms with E-state index < -0.39 is 0 Å². The maximum atomic E-state index is 12.4. The molecule has 0 aliphatic rings. The van der Waals surface area contributed by atoms with Gasteiger partial charge in [0, 0.05) is 29.6 Å². The van der Waals surface area contributed by atoms with Gasteiger partial charge >= 0.3 is 0 Å². The number of hydrogen-bond acceptors (Lipinski definition) is 3. The standard InChI is InChI=1S/C23H27ClN4O2/c1-3-16(2)26-22(29)15-28-20-8-5-4-7-19(20)27-21(28)9-6-14-25-23(30)17-10-12-18(24)13-11-17/h4-5,7-8,10-13,16H,3,6,9,14-15H2,1-2H3,(H,25,30)(H,26,29). The van der Waals surface area contributed by atoms with Crippen LogP contribution in [0.25, 0.3) is 11.0 Å². The summed E-state index contributed by atoms with van der Waals surface area (Å²) < 4.78 is 1.97. The van der Waals surface area contributed by atoms with Gasteiger partial charge < -0.3 is 15.2 Å². The minimum absolute atomic E-state index is 0.0233. The van der Waals surface area contributed by atoms with Crippen molar-refractivity contribution in [2.75, 3.05) is 6.54 Å². The molecule has 7 heteroatoms. The Morgan fingerprint density at radius 1 is 1.13 bits per heavy atom. The number of benzene rings is 2. The molecule has 1 atom stereocenters. The number of nitrogens with one attached hydrogen (secondary N) is 2. The van der Waals surface area contributed by atoms with E-state index in [0.717, 1.165) is 29.7 Å². The highest BCUT2D eigenvalue weighted by molar-refractivity contribution is 6.30. The number of imidazole rings is 1. The van der Waals surface area contributed by atoms with Crippen LogP contribution in [0.3, 0.4) is 0 Å². The van der Waals surface area contributed by atoms with Crippen LogP contribution >= 0.6 is 11.6 Å². The second-order valence-corrected chi connectivity index (χ2v) is 7.78. The Labute approximate surface area is 181 Å². The molecule has 0 bridgehead atoms. The lowest BCUT2D eigenvalue weighted by atomic mass is 10.2. The van der Waals surface area contributed by atoms with Crippen LogP contribution in [-0.4, -0.2) is 34.0 Å². The van der Waals surface area contributed by atoms with Gasteiger partial charge in [-0.1, -0.05) is 30.7 Å². The molecule has 2 aromatic carbocycles. The lowest BCUT2D eigenvalue weighted by Crippen LogP contribution is -2.35. The van der Waals surface area contributed by atoms with Crippen molar-refractivity contribution in [3.63, 3.8) is 0 Å². The van der Waals surface area contributed by atoms with E-state index in [9.17, 15) is 9.59 Å². The third-order valence-electron chi connectivity index (χ3n) is 5.02. The van der Waals surface area contributed by atoms with Gasteiger partial charge in [0.1, 0.15) is 12.4 Å². The van der Waals surface area contributed by atoms with Crippen LogP contribution in [0.15, 0.2) is 48.5 Å². The van der Waals surface area contributed by atoms with Crippen molar-refractivity contribution in [3.05, 3.63) is 64.9 Å². The summed E-state index contributed by atoms with van der Waals surface area (Å²) in [5.74, 6) is 0.689. The maximum Gasteiger partial charge on any atom is 0.251 e. The van der Waals surface area contributed by atoms with Gasteiger partial charge in [0.25, 0.3) is 5.91 Å². The molecule has 1 unspecified atom stereocenters. The fourth-order valence-electron chi connectivity index (χ4n) is 3.21. The number of hydrogen-bond donors (Lipinski definition) is 2. The molecule has 2 N–H and O–H groups in total. The molecular formula is C23H27ClN4O2. The van der Waals surface area contributed by atoms with Crippen LogP contribution in [-0.2, 0) is 17.8 Å². The van der Waals surface area contributed by atoms with Gasteiger partial charge in [0.15, 0.2) is 0 Å². The Kier molecular flexibility index (Phi) is 7.46. The monoisotopic (exact) mass is 426 g/mol. The average molecular weight is 427 g/mol. The highest BCUT2D eigenvalue weighted by atomic mass is 35.5. The number of para-hydroxylation sites is 2. The lowest BCUT2D eigenvalue weighted by molar-refractivity contribution is -0.122. The molecule has 1 heterocycles. The Hall–Kier alpha value is -2.86. The number of amides is 2. The second kappa shape index (κ2) is 10.3. The quantitative estimate of drug-likeness (QED) is 0.508. The number of fused-ring (bicyclic) bond motifs is 1. The minimum atomic E-state index is -0.131. The Morgan fingerprint density at radius 2 is 1.87 bits per heavy atom. The molecule has 158 valence electrons. The number of aryl methyl sites for hydroxylation is 1. The zero-order valence-electron chi connectivity index (χ0n) is 17.3. The minimum Gasteiger partial charge on any atom is -0.352 e. The summed E-state index contributed by atoms with van der Waals surface area (Å²) in [4.78, 5) is 29.4. The molecule has 0 spiro atoms. The van der Waals surface area contributed by atoms with Gasteiger partial charge in [-0.05, 0) is 56.2 Å². The van der Waals surface area contributed by atoms with Crippen molar-refractivity contribution >= 4 is 34.4 Å². The fraction of sp³-hybridized carbons (Fsp3) is 0.348. The third-order valence-corrected chi connectivity index (χ3v) is 5.28. The Morgan fingerprint density at radius 3 is 2.60 bits per heavy atom. The molecule has 0 saturated carbocycles. The third kappa shape index (κ3) is 5.60. The van der Waals surface area contributed by atoms with Gasteiger partial charge in [-0.3, -0.25) is 9.59 Å². The van der Waals surface area contributed by atoms with Gasteiger partial charge in [-0.15, -0.1) is 0 Å². The second-order valence-electron chi connectivity index (χ2n) is 7.35.